The van der Waals surface area contributed by atoms with Crippen LogP contribution in [-0.2, 0) is 26.3 Å². The highest BCUT2D eigenvalue weighted by Gasteiger charge is 2.70. The van der Waals surface area contributed by atoms with E-state index in [2.05, 4.69) is 10.6 Å². The second-order valence-corrected chi connectivity index (χ2v) is 8.56. The molecule has 6 heteroatoms. The average molecular weight is 403 g/mol. The lowest BCUT2D eigenvalue weighted by molar-refractivity contribution is -0.145. The van der Waals surface area contributed by atoms with Crippen LogP contribution in [0.4, 0.5) is 5.69 Å². The van der Waals surface area contributed by atoms with Crippen LogP contribution in [0, 0.1) is 11.8 Å². The van der Waals surface area contributed by atoms with E-state index in [1.165, 1.54) is 4.90 Å². The third kappa shape index (κ3) is 2.43. The number of amides is 3. The van der Waals surface area contributed by atoms with Gasteiger partial charge in [-0.05, 0) is 31.4 Å². The lowest BCUT2D eigenvalue weighted by Gasteiger charge is -2.31. The van der Waals surface area contributed by atoms with E-state index in [0.29, 0.717) is 18.5 Å². The topological polar surface area (TPSA) is 78.5 Å². The molecule has 5 rings (SSSR count). The summed E-state index contributed by atoms with van der Waals surface area (Å²) in [5.41, 5.74) is 1.32. The molecule has 2 fully saturated rings. The summed E-state index contributed by atoms with van der Waals surface area (Å²) in [5, 5.41) is 6.42. The first-order valence-corrected chi connectivity index (χ1v) is 10.6. The molecule has 6 nitrogen and oxygen atoms in total. The van der Waals surface area contributed by atoms with E-state index < -0.39 is 17.4 Å². The summed E-state index contributed by atoms with van der Waals surface area (Å²) >= 11 is 0. The highest BCUT2D eigenvalue weighted by atomic mass is 16.2. The first kappa shape index (κ1) is 19.0. The van der Waals surface area contributed by atoms with Gasteiger partial charge in [-0.25, -0.2) is 0 Å². The second-order valence-electron chi connectivity index (χ2n) is 8.56. The van der Waals surface area contributed by atoms with Crippen molar-refractivity contribution in [3.05, 3.63) is 65.7 Å². The summed E-state index contributed by atoms with van der Waals surface area (Å²) in [7, 11) is 0. The van der Waals surface area contributed by atoms with Crippen molar-refractivity contribution in [2.45, 2.75) is 44.3 Å². The Balaban J connectivity index is 1.64. The number of rotatable bonds is 4. The quantitative estimate of drug-likeness (QED) is 0.769. The number of benzene rings is 2. The van der Waals surface area contributed by atoms with Gasteiger partial charge in [-0.1, -0.05) is 55.5 Å². The predicted molar refractivity (Wildman–Crippen MR) is 112 cm³/mol. The lowest BCUT2D eigenvalue weighted by atomic mass is 9.76. The maximum atomic E-state index is 13.6. The van der Waals surface area contributed by atoms with Crippen LogP contribution in [0.25, 0.3) is 0 Å². The number of imide groups is 1. The van der Waals surface area contributed by atoms with E-state index in [1.807, 2.05) is 68.4 Å². The average Bonchev–Trinajstić information content (AvgIpc) is 3.33. The number of carbonyl (C=O) groups excluding carboxylic acids is 3. The van der Waals surface area contributed by atoms with Crippen LogP contribution in [0.2, 0.25) is 0 Å². The van der Waals surface area contributed by atoms with E-state index in [1.54, 1.807) is 0 Å². The number of nitrogens with zero attached hydrogens (tertiary/aromatic N) is 1. The fourth-order valence-corrected chi connectivity index (χ4v) is 5.44. The first-order valence-electron chi connectivity index (χ1n) is 10.6. The van der Waals surface area contributed by atoms with Crippen LogP contribution in [0.15, 0.2) is 54.6 Å². The molecule has 0 saturated carbocycles. The molecule has 5 unspecified atom stereocenters. The van der Waals surface area contributed by atoms with Gasteiger partial charge < -0.3 is 5.32 Å². The number of hydrogen-bond donors (Lipinski definition) is 2. The van der Waals surface area contributed by atoms with E-state index >= 15 is 0 Å². The van der Waals surface area contributed by atoms with Gasteiger partial charge in [0.05, 0.1) is 11.8 Å². The molecule has 2 aromatic rings. The third-order valence-electron chi connectivity index (χ3n) is 6.99. The molecule has 0 bridgehead atoms. The summed E-state index contributed by atoms with van der Waals surface area (Å²) < 4.78 is 0. The number of carbonyl (C=O) groups is 3. The molecule has 3 heterocycles. The lowest BCUT2D eigenvalue weighted by Crippen LogP contribution is -2.54. The summed E-state index contributed by atoms with van der Waals surface area (Å²) in [5.74, 6) is -1.96. The number of nitrogens with one attached hydrogen (secondary N) is 2. The number of anilines is 1. The predicted octanol–water partition coefficient (Wildman–Crippen LogP) is 2.45. The second kappa shape index (κ2) is 6.77. The largest absolute Gasteiger partial charge is 0.324 e. The molecule has 3 aliphatic heterocycles. The number of para-hydroxylation sites is 1. The highest BCUT2D eigenvalue weighted by molar-refractivity contribution is 6.15. The zero-order valence-corrected chi connectivity index (χ0v) is 17.1. The maximum Gasteiger partial charge on any atom is 0.250 e. The Kier molecular flexibility index (Phi) is 4.29. The molecule has 2 N–H and O–H groups in total. The van der Waals surface area contributed by atoms with Crippen LogP contribution in [0.3, 0.4) is 0 Å². The minimum atomic E-state index is -1.21. The number of likely N-dealkylation sites (tertiary alicyclic amines) is 1. The molecule has 1 spiro atoms. The van der Waals surface area contributed by atoms with Crippen LogP contribution in [-0.4, -0.2) is 34.7 Å². The molecule has 2 aromatic carbocycles. The minimum absolute atomic E-state index is 0.165. The van der Waals surface area contributed by atoms with Gasteiger partial charge in [0.15, 0.2) is 0 Å². The van der Waals surface area contributed by atoms with Crippen molar-refractivity contribution in [3.63, 3.8) is 0 Å². The van der Waals surface area contributed by atoms with Crippen LogP contribution >= 0.6 is 0 Å². The fourth-order valence-electron chi connectivity index (χ4n) is 5.44. The standard InChI is InChI=1S/C24H25N3O3/c1-3-14(2)27-21(28)19-18(13-15-9-5-4-6-10-15)26-24(20(19)22(27)29)16-11-7-8-12-17(16)25-23(24)30/h4-12,14,18-20,26H,3,13H2,1-2H3,(H,25,30). The Hall–Kier alpha value is -2.99. The van der Waals surface area contributed by atoms with Crippen molar-refractivity contribution in [3.8, 4) is 0 Å². The first-order chi connectivity index (χ1) is 14.5. The van der Waals surface area contributed by atoms with Gasteiger partial charge in [0.25, 0.3) is 0 Å². The van der Waals surface area contributed by atoms with Gasteiger partial charge in [0.2, 0.25) is 17.7 Å². The molecular formula is C24H25N3O3. The van der Waals surface area contributed by atoms with Gasteiger partial charge in [-0.15, -0.1) is 0 Å². The maximum absolute atomic E-state index is 13.6. The Bertz CT molecular complexity index is 1040. The van der Waals surface area contributed by atoms with Gasteiger partial charge in [-0.3, -0.25) is 24.6 Å². The van der Waals surface area contributed by atoms with Crippen molar-refractivity contribution in [1.29, 1.82) is 0 Å². The molecular weight excluding hydrogens is 378 g/mol. The summed E-state index contributed by atoms with van der Waals surface area (Å²) in [6, 6.07) is 16.9. The van der Waals surface area contributed by atoms with Crippen LogP contribution < -0.4 is 10.6 Å². The normalized spacial score (nSPS) is 30.5. The molecule has 5 atom stereocenters. The van der Waals surface area contributed by atoms with Gasteiger partial charge >= 0.3 is 0 Å². The van der Waals surface area contributed by atoms with Crippen molar-refractivity contribution in [1.82, 2.24) is 10.2 Å². The van der Waals surface area contributed by atoms with E-state index in [9.17, 15) is 14.4 Å². The summed E-state index contributed by atoms with van der Waals surface area (Å²) in [6.07, 6.45) is 1.26. The van der Waals surface area contributed by atoms with Crippen molar-refractivity contribution < 1.29 is 14.4 Å². The van der Waals surface area contributed by atoms with E-state index in [0.717, 1.165) is 11.1 Å². The monoisotopic (exact) mass is 403 g/mol. The molecule has 154 valence electrons. The molecule has 0 aliphatic carbocycles. The van der Waals surface area contributed by atoms with Crippen LogP contribution in [0.1, 0.15) is 31.4 Å². The zero-order valence-electron chi connectivity index (χ0n) is 17.1. The molecule has 2 saturated heterocycles. The Morgan fingerprint density at radius 3 is 2.43 bits per heavy atom. The number of hydrogen-bond acceptors (Lipinski definition) is 4. The van der Waals surface area contributed by atoms with Gasteiger partial charge in [-0.2, -0.15) is 0 Å². The van der Waals surface area contributed by atoms with Crippen LogP contribution in [0.5, 0.6) is 0 Å². The molecule has 3 amide bonds. The van der Waals surface area contributed by atoms with E-state index in [-0.39, 0.29) is 29.8 Å². The van der Waals surface area contributed by atoms with Crippen molar-refractivity contribution >= 4 is 23.4 Å². The smallest absolute Gasteiger partial charge is 0.250 e. The number of fused-ring (bicyclic) bond motifs is 4. The SMILES string of the molecule is CCC(C)N1C(=O)C2C(Cc3ccccc3)NC3(C(=O)Nc4ccccc43)C2C1=O. The van der Waals surface area contributed by atoms with Gasteiger partial charge in [0, 0.05) is 23.3 Å². The Morgan fingerprint density at radius 2 is 1.70 bits per heavy atom. The molecule has 30 heavy (non-hydrogen) atoms. The summed E-state index contributed by atoms with van der Waals surface area (Å²) in [6.45, 7) is 3.86. The minimum Gasteiger partial charge on any atom is -0.324 e. The van der Waals surface area contributed by atoms with Crippen molar-refractivity contribution in [2.75, 3.05) is 5.32 Å². The molecule has 0 aromatic heterocycles. The summed E-state index contributed by atoms with van der Waals surface area (Å²) in [4.78, 5) is 41.8. The third-order valence-corrected chi connectivity index (χ3v) is 6.99. The molecule has 3 aliphatic rings. The molecule has 0 radical (unpaired) electrons. The zero-order chi connectivity index (χ0) is 21.0. The van der Waals surface area contributed by atoms with E-state index in [4.69, 9.17) is 0 Å². The van der Waals surface area contributed by atoms with Gasteiger partial charge in [0.1, 0.15) is 5.54 Å². The Morgan fingerprint density at radius 1 is 1.00 bits per heavy atom. The fraction of sp³-hybridized carbons (Fsp3) is 0.375. The highest BCUT2D eigenvalue weighted by Crippen LogP contribution is 2.53. The Labute approximate surface area is 175 Å². The van der Waals surface area contributed by atoms with Crippen molar-refractivity contribution in [2.24, 2.45) is 11.8 Å².